The predicted octanol–water partition coefficient (Wildman–Crippen LogP) is 8.94. The Kier molecular flexibility index (Phi) is 5.50. The van der Waals surface area contributed by atoms with Crippen molar-refractivity contribution in [3.05, 3.63) is 127 Å². The van der Waals surface area contributed by atoms with Crippen LogP contribution in [0.5, 0.6) is 0 Å². The molecule has 0 amide bonds. The first kappa shape index (κ1) is 25.8. The molecule has 0 fully saturated rings. The predicted molar refractivity (Wildman–Crippen MR) is 182 cm³/mol. The molecule has 5 heterocycles. The zero-order valence-corrected chi connectivity index (χ0v) is 25.9. The lowest BCUT2D eigenvalue weighted by Crippen LogP contribution is -2.08. The number of fused-ring (bicyclic) bond motifs is 16. The van der Waals surface area contributed by atoms with Gasteiger partial charge in [-0.3, -0.25) is 9.98 Å². The van der Waals surface area contributed by atoms with E-state index in [1.54, 1.807) is 0 Å². The Hall–Kier alpha value is -4.70. The molecule has 0 radical (unpaired) electrons. The van der Waals surface area contributed by atoms with E-state index in [1.165, 1.54) is 89.6 Å². The minimum atomic E-state index is 0.799. The van der Waals surface area contributed by atoms with E-state index in [4.69, 9.17) is 9.98 Å². The first-order valence-corrected chi connectivity index (χ1v) is 16.0. The Balaban J connectivity index is 1.29. The fraction of sp³-hybridized carbons (Fsp3) is 0.250. The van der Waals surface area contributed by atoms with Crippen LogP contribution >= 0.6 is 0 Å². The van der Waals surface area contributed by atoms with Crippen LogP contribution in [-0.4, -0.2) is 21.4 Å². The second-order valence-corrected chi connectivity index (χ2v) is 13.1. The van der Waals surface area contributed by atoms with Crippen molar-refractivity contribution < 1.29 is 0 Å². The number of benzene rings is 2. The number of aryl methyl sites for hydroxylation is 2. The molecule has 0 atom stereocenters. The molecule has 2 aromatic heterocycles. The summed E-state index contributed by atoms with van der Waals surface area (Å²) in [4.78, 5) is 18.5. The van der Waals surface area contributed by atoms with Crippen LogP contribution in [0.4, 0.5) is 0 Å². The fourth-order valence-corrected chi connectivity index (χ4v) is 8.07. The molecule has 9 rings (SSSR count). The molecule has 44 heavy (non-hydrogen) atoms. The van der Waals surface area contributed by atoms with Gasteiger partial charge >= 0.3 is 0 Å². The smallest absolute Gasteiger partial charge is 0.0686 e. The van der Waals surface area contributed by atoms with E-state index < -0.39 is 0 Å². The molecule has 0 saturated heterocycles. The highest BCUT2D eigenvalue weighted by Gasteiger charge is 2.30. The van der Waals surface area contributed by atoms with Crippen LogP contribution in [0.15, 0.2) is 92.2 Å². The van der Waals surface area contributed by atoms with E-state index >= 15 is 0 Å². The van der Waals surface area contributed by atoms with Gasteiger partial charge in [-0.05, 0) is 121 Å². The van der Waals surface area contributed by atoms with Gasteiger partial charge in [0.05, 0.1) is 22.8 Å². The van der Waals surface area contributed by atoms with Gasteiger partial charge in [0.1, 0.15) is 0 Å². The summed E-state index contributed by atoms with van der Waals surface area (Å²) in [7, 11) is 0. The van der Waals surface area contributed by atoms with Gasteiger partial charge in [-0.1, -0.05) is 48.5 Å². The van der Waals surface area contributed by atoms with Crippen LogP contribution in [-0.2, 0) is 38.5 Å². The molecule has 4 nitrogen and oxygen atoms in total. The van der Waals surface area contributed by atoms with Crippen molar-refractivity contribution in [1.29, 1.82) is 0 Å². The van der Waals surface area contributed by atoms with E-state index in [9.17, 15) is 0 Å². The number of rotatable bonds is 0. The first-order valence-electron chi connectivity index (χ1n) is 16.0. The van der Waals surface area contributed by atoms with Gasteiger partial charge in [-0.15, -0.1) is 0 Å². The standard InChI is InChI=1S/C40H36N4/c1-21-23(3)33-19-37-40-28-12-8-6-10-26(28)14-16-30(40)36(44-37)18-32-22(2)24(4)34(42-32)20-38-39-27-11-7-5-9-25(27)13-15-29(39)35(43-38)17-31(21)41-33/h5-12,19-20,43-44H,13-18H2,1-4H3/b33-19-,34-20-. The summed E-state index contributed by atoms with van der Waals surface area (Å²) in [5.74, 6) is 0. The minimum Gasteiger partial charge on any atom is -0.358 e. The van der Waals surface area contributed by atoms with E-state index in [0.29, 0.717) is 0 Å². The maximum Gasteiger partial charge on any atom is 0.0686 e. The molecule has 216 valence electrons. The highest BCUT2D eigenvalue weighted by Crippen LogP contribution is 2.43. The summed E-state index contributed by atoms with van der Waals surface area (Å²) in [5, 5.41) is 0. The number of nitrogens with one attached hydrogen (secondary N) is 2. The number of H-pyrrole nitrogens is 2. The monoisotopic (exact) mass is 572 g/mol. The summed E-state index contributed by atoms with van der Waals surface area (Å²) < 4.78 is 0. The summed E-state index contributed by atoms with van der Waals surface area (Å²) >= 11 is 0. The lowest BCUT2D eigenvalue weighted by molar-refractivity contribution is 0.927. The average Bonchev–Trinajstić information content (AvgIpc) is 3.73. The second kappa shape index (κ2) is 9.40. The maximum atomic E-state index is 5.33. The number of aromatic amines is 2. The van der Waals surface area contributed by atoms with Gasteiger partial charge in [0, 0.05) is 46.7 Å². The van der Waals surface area contributed by atoms with E-state index in [-0.39, 0.29) is 0 Å². The first-order chi connectivity index (χ1) is 21.4. The van der Waals surface area contributed by atoms with Crippen LogP contribution < -0.4 is 0 Å². The zero-order chi connectivity index (χ0) is 29.7. The third kappa shape index (κ3) is 3.70. The highest BCUT2D eigenvalue weighted by atomic mass is 14.9. The Morgan fingerprint density at radius 3 is 1.41 bits per heavy atom. The number of nitrogens with zero attached hydrogens (tertiary/aromatic N) is 2. The molecular formula is C40H36N4. The van der Waals surface area contributed by atoms with E-state index in [1.807, 2.05) is 0 Å². The summed E-state index contributed by atoms with van der Waals surface area (Å²) in [6, 6.07) is 17.8. The fourth-order valence-electron chi connectivity index (χ4n) is 8.07. The average molecular weight is 573 g/mol. The van der Waals surface area contributed by atoms with E-state index in [2.05, 4.69) is 98.3 Å². The van der Waals surface area contributed by atoms with Crippen molar-refractivity contribution in [3.63, 3.8) is 0 Å². The van der Waals surface area contributed by atoms with Gasteiger partial charge in [-0.2, -0.15) is 0 Å². The van der Waals surface area contributed by atoms with Crippen molar-refractivity contribution in [2.75, 3.05) is 0 Å². The minimum absolute atomic E-state index is 0.799. The number of aliphatic imine (C=N–C) groups is 2. The van der Waals surface area contributed by atoms with Crippen molar-refractivity contribution in [2.45, 2.75) is 66.2 Å². The molecule has 2 aromatic carbocycles. The summed E-state index contributed by atoms with van der Waals surface area (Å²) in [5.41, 5.74) is 25.6. The largest absolute Gasteiger partial charge is 0.358 e. The lowest BCUT2D eigenvalue weighted by Gasteiger charge is -2.18. The topological polar surface area (TPSA) is 56.3 Å². The van der Waals surface area contributed by atoms with Crippen LogP contribution in [0.1, 0.15) is 72.7 Å². The quantitative estimate of drug-likeness (QED) is 0.211. The highest BCUT2D eigenvalue weighted by molar-refractivity contribution is 6.08. The molecule has 4 heteroatoms. The molecule has 5 aliphatic rings. The Labute approximate surface area is 258 Å². The molecule has 2 aliphatic carbocycles. The van der Waals surface area contributed by atoms with Crippen molar-refractivity contribution in [3.8, 4) is 22.3 Å². The Morgan fingerprint density at radius 1 is 0.523 bits per heavy atom. The Bertz CT molecular complexity index is 1990. The van der Waals surface area contributed by atoms with Gasteiger partial charge < -0.3 is 9.97 Å². The lowest BCUT2D eigenvalue weighted by atomic mass is 9.84. The number of hydrogen-bond acceptors (Lipinski definition) is 2. The molecule has 0 saturated carbocycles. The van der Waals surface area contributed by atoms with Gasteiger partial charge in [0.2, 0.25) is 0 Å². The van der Waals surface area contributed by atoms with E-state index in [0.717, 1.165) is 61.3 Å². The second-order valence-electron chi connectivity index (χ2n) is 13.1. The van der Waals surface area contributed by atoms with Crippen molar-refractivity contribution in [1.82, 2.24) is 9.97 Å². The maximum absolute atomic E-state index is 5.33. The van der Waals surface area contributed by atoms with Crippen LogP contribution in [0.2, 0.25) is 0 Å². The number of hydrogen-bond donors (Lipinski definition) is 2. The van der Waals surface area contributed by atoms with Crippen LogP contribution in [0, 0.1) is 0 Å². The van der Waals surface area contributed by atoms with Crippen molar-refractivity contribution >= 4 is 23.6 Å². The molecule has 0 unspecified atom stereocenters. The molecular weight excluding hydrogens is 536 g/mol. The van der Waals surface area contributed by atoms with Crippen LogP contribution in [0.25, 0.3) is 34.4 Å². The molecule has 8 bridgehead atoms. The Morgan fingerprint density at radius 2 is 0.955 bits per heavy atom. The van der Waals surface area contributed by atoms with Gasteiger partial charge in [0.15, 0.2) is 0 Å². The zero-order valence-electron chi connectivity index (χ0n) is 25.9. The van der Waals surface area contributed by atoms with Crippen LogP contribution in [0.3, 0.4) is 0 Å². The SMILES string of the molecule is CC1=C(C)/C2=C/c3[nH]c(c4c3-c3ccccc3CC4)CC3=N/C(=C\c4[nH]c(c5c4-c4ccccc4CC5)CC1=N2)C(C)=C3C. The van der Waals surface area contributed by atoms with Gasteiger partial charge in [0.25, 0.3) is 0 Å². The van der Waals surface area contributed by atoms with Gasteiger partial charge in [-0.25, -0.2) is 0 Å². The normalized spacial score (nSPS) is 20.6. The van der Waals surface area contributed by atoms with Crippen molar-refractivity contribution in [2.24, 2.45) is 9.98 Å². The molecule has 4 aromatic rings. The number of aromatic nitrogens is 2. The summed E-state index contributed by atoms with van der Waals surface area (Å²) in [6.07, 6.45) is 10.4. The molecule has 2 N–H and O–H groups in total. The summed E-state index contributed by atoms with van der Waals surface area (Å²) in [6.45, 7) is 8.95. The molecule has 3 aliphatic heterocycles. The number of allylic oxidation sites excluding steroid dienone is 4. The molecule has 0 spiro atoms. The third-order valence-corrected chi connectivity index (χ3v) is 10.8. The third-order valence-electron chi connectivity index (χ3n) is 10.8.